The Morgan fingerprint density at radius 1 is 1.04 bits per heavy atom. The number of benzene rings is 1. The van der Waals surface area contributed by atoms with Crippen LogP contribution in [0.1, 0.15) is 17.8 Å². The van der Waals surface area contributed by atoms with Crippen LogP contribution in [0.5, 0.6) is 0 Å². The van der Waals surface area contributed by atoms with E-state index in [0.717, 1.165) is 22.8 Å². The van der Waals surface area contributed by atoms with Gasteiger partial charge in [0, 0.05) is 35.7 Å². The van der Waals surface area contributed by atoms with Gasteiger partial charge in [-0.3, -0.25) is 0 Å². The lowest BCUT2D eigenvalue weighted by Gasteiger charge is -2.31. The summed E-state index contributed by atoms with van der Waals surface area (Å²) in [6.07, 6.45) is -0.661. The summed E-state index contributed by atoms with van der Waals surface area (Å²) in [5.41, 5.74) is 4.10. The van der Waals surface area contributed by atoms with Crippen molar-refractivity contribution < 1.29 is 19.1 Å². The minimum absolute atomic E-state index is 0.201. The summed E-state index contributed by atoms with van der Waals surface area (Å²) in [7, 11) is 0. The number of likely N-dealkylation sites (tertiary alicyclic amines) is 1. The molecule has 2 aliphatic rings. The Hall–Kier alpha value is -2.96. The molecular formula is C19H21N3O4. The predicted octanol–water partition coefficient (Wildman–Crippen LogP) is 3.24. The molecule has 2 saturated heterocycles. The van der Waals surface area contributed by atoms with Gasteiger partial charge in [0.1, 0.15) is 6.10 Å². The third kappa shape index (κ3) is 3.00. The molecule has 4 rings (SSSR count). The molecule has 2 unspecified atom stereocenters. The van der Waals surface area contributed by atoms with Gasteiger partial charge in [0.25, 0.3) is 0 Å². The van der Waals surface area contributed by atoms with E-state index >= 15 is 0 Å². The molecule has 0 radical (unpaired) electrons. The van der Waals surface area contributed by atoms with Crippen molar-refractivity contribution in [1.29, 1.82) is 0 Å². The number of hydrogen-bond donors (Lipinski definition) is 1. The van der Waals surface area contributed by atoms with E-state index in [9.17, 15) is 9.59 Å². The lowest BCUT2D eigenvalue weighted by molar-refractivity contribution is 0.0708. The Bertz CT molecular complexity index is 823. The summed E-state index contributed by atoms with van der Waals surface area (Å²) >= 11 is 0. The highest BCUT2D eigenvalue weighted by Crippen LogP contribution is 2.25. The van der Waals surface area contributed by atoms with E-state index in [2.05, 4.69) is 35.9 Å². The number of aryl methyl sites for hydroxylation is 2. The molecule has 136 valence electrons. The predicted molar refractivity (Wildman–Crippen MR) is 95.6 cm³/mol. The van der Waals surface area contributed by atoms with Crippen molar-refractivity contribution in [2.45, 2.75) is 32.5 Å². The molecule has 26 heavy (non-hydrogen) atoms. The molecule has 1 aromatic carbocycles. The van der Waals surface area contributed by atoms with Crippen molar-refractivity contribution in [1.82, 2.24) is 9.47 Å². The maximum absolute atomic E-state index is 12.5. The lowest BCUT2D eigenvalue weighted by atomic mass is 10.1. The largest absolute Gasteiger partial charge is 0.509 e. The van der Waals surface area contributed by atoms with Gasteiger partial charge < -0.3 is 24.3 Å². The zero-order valence-corrected chi connectivity index (χ0v) is 14.8. The molecule has 0 saturated carbocycles. The van der Waals surface area contributed by atoms with E-state index in [4.69, 9.17) is 9.47 Å². The Labute approximate surface area is 151 Å². The minimum Gasteiger partial charge on any atom is -0.427 e. The first-order valence-corrected chi connectivity index (χ1v) is 8.70. The van der Waals surface area contributed by atoms with E-state index in [1.165, 1.54) is 0 Å². The van der Waals surface area contributed by atoms with Gasteiger partial charge in [-0.1, -0.05) is 0 Å². The van der Waals surface area contributed by atoms with Crippen LogP contribution in [-0.2, 0) is 9.47 Å². The van der Waals surface area contributed by atoms with Crippen molar-refractivity contribution >= 4 is 17.9 Å². The Balaban J connectivity index is 1.41. The summed E-state index contributed by atoms with van der Waals surface area (Å²) < 4.78 is 12.3. The molecule has 2 amide bonds. The fraction of sp³-hybridized carbons (Fsp3) is 0.368. The number of fused-ring (bicyclic) bond motifs is 1. The van der Waals surface area contributed by atoms with Gasteiger partial charge in [-0.15, -0.1) is 0 Å². The molecule has 1 N–H and O–H groups in total. The van der Waals surface area contributed by atoms with Gasteiger partial charge in [-0.25, -0.2) is 9.59 Å². The third-order valence-corrected chi connectivity index (χ3v) is 4.93. The molecule has 2 aliphatic heterocycles. The van der Waals surface area contributed by atoms with Crippen LogP contribution in [-0.4, -0.2) is 47.0 Å². The van der Waals surface area contributed by atoms with E-state index in [-0.39, 0.29) is 18.2 Å². The van der Waals surface area contributed by atoms with E-state index in [1.807, 2.05) is 24.3 Å². The number of aromatic nitrogens is 1. The van der Waals surface area contributed by atoms with Crippen LogP contribution in [0, 0.1) is 13.8 Å². The highest BCUT2D eigenvalue weighted by Gasteiger charge is 2.42. The molecule has 7 nitrogen and oxygen atoms in total. The molecule has 1 aromatic heterocycles. The van der Waals surface area contributed by atoms with Crippen LogP contribution in [0.15, 0.2) is 36.4 Å². The number of nitrogens with zero attached hydrogens (tertiary/aromatic N) is 2. The van der Waals surface area contributed by atoms with Crippen LogP contribution < -0.4 is 5.32 Å². The Morgan fingerprint density at radius 3 is 2.38 bits per heavy atom. The number of urea groups is 1. The highest BCUT2D eigenvalue weighted by molar-refractivity contribution is 5.89. The first kappa shape index (κ1) is 16.5. The first-order chi connectivity index (χ1) is 12.5. The average molecular weight is 355 g/mol. The number of piperidine rings is 1. The van der Waals surface area contributed by atoms with Crippen molar-refractivity contribution in [3.63, 3.8) is 0 Å². The number of carbonyl (C=O) groups excluding carboxylic acids is 2. The number of anilines is 1. The number of ether oxygens (including phenoxy) is 2. The number of nitrogens with one attached hydrogen (secondary N) is 1. The summed E-state index contributed by atoms with van der Waals surface area (Å²) in [5.74, 6) is 0. The zero-order chi connectivity index (χ0) is 18.3. The maximum atomic E-state index is 12.5. The van der Waals surface area contributed by atoms with Gasteiger partial charge >= 0.3 is 12.2 Å². The topological polar surface area (TPSA) is 72.8 Å². The molecule has 7 heteroatoms. The fourth-order valence-corrected chi connectivity index (χ4v) is 3.57. The average Bonchev–Trinajstić information content (AvgIpc) is 3.16. The van der Waals surface area contributed by atoms with E-state index in [0.29, 0.717) is 19.5 Å². The fourth-order valence-electron chi connectivity index (χ4n) is 3.57. The summed E-state index contributed by atoms with van der Waals surface area (Å²) in [6, 6.07) is 11.7. The number of rotatable bonds is 2. The standard InChI is InChI=1S/C19H21N3O4/c1-12-3-4-13(2)22(12)15-7-5-14(6-8-15)20-18(23)21-10-9-16-17(11-21)26-19(24)25-16/h3-8,16-17H,9-11H2,1-2H3,(H,20,23). The second kappa shape index (κ2) is 6.40. The van der Waals surface area contributed by atoms with Gasteiger partial charge in [-0.05, 0) is 50.2 Å². The summed E-state index contributed by atoms with van der Waals surface area (Å²) in [4.78, 5) is 25.3. The minimum atomic E-state index is -0.645. The first-order valence-electron chi connectivity index (χ1n) is 8.70. The molecule has 2 aromatic rings. The lowest BCUT2D eigenvalue weighted by Crippen LogP contribution is -2.49. The van der Waals surface area contributed by atoms with E-state index < -0.39 is 6.16 Å². The molecule has 2 atom stereocenters. The Kier molecular flexibility index (Phi) is 4.06. The van der Waals surface area contributed by atoms with Gasteiger partial charge in [-0.2, -0.15) is 0 Å². The van der Waals surface area contributed by atoms with Crippen LogP contribution >= 0.6 is 0 Å². The molecule has 2 fully saturated rings. The zero-order valence-electron chi connectivity index (χ0n) is 14.8. The van der Waals surface area contributed by atoms with Crippen molar-refractivity contribution in [2.75, 3.05) is 18.4 Å². The van der Waals surface area contributed by atoms with Crippen LogP contribution in [0.3, 0.4) is 0 Å². The summed E-state index contributed by atoms with van der Waals surface area (Å²) in [6.45, 7) is 5.00. The quantitative estimate of drug-likeness (QED) is 0.840. The number of hydrogen-bond acceptors (Lipinski definition) is 4. The third-order valence-electron chi connectivity index (χ3n) is 4.93. The van der Waals surface area contributed by atoms with Gasteiger partial charge in [0.05, 0.1) is 6.54 Å². The number of amides is 2. The van der Waals surface area contributed by atoms with E-state index in [1.54, 1.807) is 4.90 Å². The number of carbonyl (C=O) groups is 2. The molecule has 0 bridgehead atoms. The molecule has 3 heterocycles. The Morgan fingerprint density at radius 2 is 1.69 bits per heavy atom. The van der Waals surface area contributed by atoms with Crippen molar-refractivity contribution in [3.8, 4) is 5.69 Å². The van der Waals surface area contributed by atoms with Crippen molar-refractivity contribution in [2.24, 2.45) is 0 Å². The normalized spacial score (nSPS) is 21.8. The van der Waals surface area contributed by atoms with Crippen molar-refractivity contribution in [3.05, 3.63) is 47.8 Å². The highest BCUT2D eigenvalue weighted by atomic mass is 16.8. The molecular weight excluding hydrogens is 334 g/mol. The van der Waals surface area contributed by atoms with Crippen LogP contribution in [0.25, 0.3) is 5.69 Å². The monoisotopic (exact) mass is 355 g/mol. The SMILES string of the molecule is Cc1ccc(C)n1-c1ccc(NC(=O)N2CCC3OC(=O)OC3C2)cc1. The second-order valence-corrected chi connectivity index (χ2v) is 6.73. The van der Waals surface area contributed by atoms with Gasteiger partial charge in [0.15, 0.2) is 6.10 Å². The maximum Gasteiger partial charge on any atom is 0.509 e. The smallest absolute Gasteiger partial charge is 0.427 e. The van der Waals surface area contributed by atoms with Crippen LogP contribution in [0.4, 0.5) is 15.3 Å². The van der Waals surface area contributed by atoms with Gasteiger partial charge in [0.2, 0.25) is 0 Å². The second-order valence-electron chi connectivity index (χ2n) is 6.73. The summed E-state index contributed by atoms with van der Waals surface area (Å²) in [5, 5.41) is 2.90. The molecule has 0 aliphatic carbocycles. The molecule has 0 spiro atoms. The van der Waals surface area contributed by atoms with Crippen LogP contribution in [0.2, 0.25) is 0 Å².